The van der Waals surface area contributed by atoms with Crippen molar-refractivity contribution in [3.8, 4) is 0 Å². The Kier molecular flexibility index (Phi) is 4.71. The van der Waals surface area contributed by atoms with Crippen molar-refractivity contribution in [1.29, 1.82) is 0 Å². The van der Waals surface area contributed by atoms with Gasteiger partial charge in [0.25, 0.3) is 5.91 Å². The molecule has 2 saturated heterocycles. The molecule has 0 radical (unpaired) electrons. The molecule has 1 aliphatic carbocycles. The van der Waals surface area contributed by atoms with E-state index in [0.29, 0.717) is 5.92 Å². The highest BCUT2D eigenvalue weighted by atomic mass is 35.5. The Morgan fingerprint density at radius 3 is 2.58 bits per heavy atom. The van der Waals surface area contributed by atoms with Crippen molar-refractivity contribution >= 4 is 28.3 Å². The second-order valence-electron chi connectivity index (χ2n) is 8.34. The zero-order valence-electron chi connectivity index (χ0n) is 16.3. The fraction of sp³-hybridized carbons (Fsp3) is 0.304. The maximum absolute atomic E-state index is 13.2. The minimum Gasteiger partial charge on any atom is -0.342 e. The average Bonchev–Trinajstić information content (AvgIpc) is 3.32. The summed E-state index contributed by atoms with van der Waals surface area (Å²) in [6.45, 7) is 0.864. The van der Waals surface area contributed by atoms with Gasteiger partial charge in [-0.1, -0.05) is 48.0 Å². The number of halogens is 4. The van der Waals surface area contributed by atoms with E-state index in [1.54, 1.807) is 0 Å². The van der Waals surface area contributed by atoms with Crippen molar-refractivity contribution in [3.63, 3.8) is 0 Å². The maximum atomic E-state index is 13.2. The second kappa shape index (κ2) is 7.21. The number of pyridine rings is 1. The maximum Gasteiger partial charge on any atom is 0.417 e. The first kappa shape index (κ1) is 20.3. The third kappa shape index (κ3) is 3.46. The van der Waals surface area contributed by atoms with Gasteiger partial charge >= 0.3 is 6.18 Å². The van der Waals surface area contributed by atoms with Crippen molar-refractivity contribution in [1.82, 2.24) is 15.6 Å². The molecule has 2 N–H and O–H groups in total. The van der Waals surface area contributed by atoms with Crippen LogP contribution in [0.1, 0.15) is 40.5 Å². The summed E-state index contributed by atoms with van der Waals surface area (Å²) in [4.78, 5) is 16.9. The quantitative estimate of drug-likeness (QED) is 0.585. The molecular weight excluding hydrogens is 427 g/mol. The predicted molar refractivity (Wildman–Crippen MR) is 112 cm³/mol. The molecule has 4 nitrogen and oxygen atoms in total. The van der Waals surface area contributed by atoms with Crippen LogP contribution in [-0.4, -0.2) is 23.0 Å². The van der Waals surface area contributed by atoms with Gasteiger partial charge in [-0.05, 0) is 53.8 Å². The number of hydrogen-bond acceptors (Lipinski definition) is 3. The minimum absolute atomic E-state index is 0.323. The lowest BCUT2D eigenvalue weighted by atomic mass is 9.67. The molecule has 2 aliphatic heterocycles. The van der Waals surface area contributed by atoms with Crippen LogP contribution in [0.2, 0.25) is 5.02 Å². The number of benzene rings is 2. The summed E-state index contributed by atoms with van der Waals surface area (Å²) in [5.74, 6) is -0.170. The van der Waals surface area contributed by atoms with Crippen molar-refractivity contribution in [2.75, 3.05) is 6.54 Å². The molecule has 3 fully saturated rings. The van der Waals surface area contributed by atoms with Gasteiger partial charge < -0.3 is 10.6 Å². The SMILES string of the molecule is O=C(NC(c1ccc2ccccc2c1)C12CC(CN1)C2)c1nccc(C(F)(F)F)c1Cl. The van der Waals surface area contributed by atoms with Gasteiger partial charge in [0.05, 0.1) is 16.6 Å². The van der Waals surface area contributed by atoms with Gasteiger partial charge in [-0.2, -0.15) is 13.2 Å². The second-order valence-corrected chi connectivity index (χ2v) is 8.72. The fourth-order valence-corrected chi connectivity index (χ4v) is 5.20. The van der Waals surface area contributed by atoms with Crippen molar-refractivity contribution in [2.24, 2.45) is 5.92 Å². The van der Waals surface area contributed by atoms with Crippen LogP contribution in [0.15, 0.2) is 54.7 Å². The highest BCUT2D eigenvalue weighted by Crippen LogP contribution is 2.51. The molecule has 2 bridgehead atoms. The van der Waals surface area contributed by atoms with Crippen LogP contribution < -0.4 is 10.6 Å². The summed E-state index contributed by atoms with van der Waals surface area (Å²) in [5, 5.41) is 7.86. The molecule has 1 unspecified atom stereocenters. The van der Waals surface area contributed by atoms with Crippen LogP contribution in [0, 0.1) is 5.92 Å². The Bertz CT molecular complexity index is 1170. The smallest absolute Gasteiger partial charge is 0.342 e. The van der Waals surface area contributed by atoms with Crippen molar-refractivity contribution in [3.05, 3.63) is 76.6 Å². The van der Waals surface area contributed by atoms with Gasteiger partial charge in [0.1, 0.15) is 5.69 Å². The average molecular weight is 446 g/mol. The lowest BCUT2D eigenvalue weighted by Gasteiger charge is -2.44. The Morgan fingerprint density at radius 1 is 1.16 bits per heavy atom. The molecule has 3 heterocycles. The van der Waals surface area contributed by atoms with Gasteiger partial charge in [0.15, 0.2) is 0 Å². The number of hydrogen-bond donors (Lipinski definition) is 2. The Morgan fingerprint density at radius 2 is 1.90 bits per heavy atom. The van der Waals surface area contributed by atoms with E-state index in [1.165, 1.54) is 0 Å². The minimum atomic E-state index is -4.67. The Hall–Kier alpha value is -2.64. The molecule has 2 aromatic carbocycles. The number of amides is 1. The molecule has 3 aromatic rings. The molecule has 31 heavy (non-hydrogen) atoms. The van der Waals surface area contributed by atoms with E-state index in [2.05, 4.69) is 15.6 Å². The third-order valence-corrected chi connectivity index (χ3v) is 6.78. The van der Waals surface area contributed by atoms with E-state index < -0.39 is 34.4 Å². The van der Waals surface area contributed by atoms with E-state index in [-0.39, 0.29) is 5.54 Å². The molecule has 160 valence electrons. The summed E-state index contributed by atoms with van der Waals surface area (Å²) < 4.78 is 39.7. The zero-order chi connectivity index (χ0) is 21.8. The summed E-state index contributed by atoms with van der Waals surface area (Å²) in [6, 6.07) is 14.2. The summed E-state index contributed by atoms with van der Waals surface area (Å²) in [7, 11) is 0. The molecule has 0 spiro atoms. The standard InChI is InChI=1S/C23H19ClF3N3O/c24-18-17(23(25,26)27)7-8-28-19(18)21(31)30-20(22-10-13(11-22)12-29-22)16-6-5-14-3-1-2-4-15(14)9-16/h1-9,13,20,29H,10-12H2,(H,30,31). The van der Waals surface area contributed by atoms with Crippen LogP contribution in [0.25, 0.3) is 10.8 Å². The predicted octanol–water partition coefficient (Wildman–Crippen LogP) is 5.13. The molecule has 3 aliphatic rings. The first-order valence-electron chi connectivity index (χ1n) is 10.0. The Balaban J connectivity index is 1.52. The number of carbonyl (C=O) groups is 1. The van der Waals surface area contributed by atoms with Gasteiger partial charge in [-0.15, -0.1) is 0 Å². The summed E-state index contributed by atoms with van der Waals surface area (Å²) in [5.41, 5.74) is -0.926. The van der Waals surface area contributed by atoms with E-state index in [9.17, 15) is 18.0 Å². The van der Waals surface area contributed by atoms with Crippen LogP contribution >= 0.6 is 11.6 Å². The highest BCUT2D eigenvalue weighted by Gasteiger charge is 2.55. The Labute approximate surface area is 181 Å². The first-order valence-corrected chi connectivity index (χ1v) is 10.4. The molecule has 1 atom stereocenters. The van der Waals surface area contributed by atoms with Crippen LogP contribution in [0.5, 0.6) is 0 Å². The van der Waals surface area contributed by atoms with Gasteiger partial charge in [0.2, 0.25) is 0 Å². The van der Waals surface area contributed by atoms with E-state index in [0.717, 1.165) is 48.0 Å². The number of fused-ring (bicyclic) bond motifs is 2. The molecule has 6 rings (SSSR count). The largest absolute Gasteiger partial charge is 0.417 e. The molecule has 8 heteroatoms. The third-order valence-electron chi connectivity index (χ3n) is 6.39. The van der Waals surface area contributed by atoms with Gasteiger partial charge in [-0.25, -0.2) is 4.98 Å². The number of nitrogens with zero attached hydrogens (tertiary/aromatic N) is 1. The first-order chi connectivity index (χ1) is 14.8. The van der Waals surface area contributed by atoms with E-state index in [4.69, 9.17) is 11.6 Å². The topological polar surface area (TPSA) is 54.0 Å². The van der Waals surface area contributed by atoms with Gasteiger partial charge in [-0.3, -0.25) is 4.79 Å². The normalized spacial score (nSPS) is 23.4. The summed E-state index contributed by atoms with van der Waals surface area (Å²) >= 11 is 5.94. The van der Waals surface area contributed by atoms with Crippen molar-refractivity contribution in [2.45, 2.75) is 30.6 Å². The number of rotatable bonds is 4. The number of nitrogens with one attached hydrogen (secondary N) is 2. The zero-order valence-corrected chi connectivity index (χ0v) is 17.1. The number of carbonyl (C=O) groups excluding carboxylic acids is 1. The van der Waals surface area contributed by atoms with Crippen LogP contribution in [0.4, 0.5) is 13.2 Å². The molecule has 1 amide bonds. The van der Waals surface area contributed by atoms with Crippen LogP contribution in [-0.2, 0) is 6.18 Å². The number of alkyl halides is 3. The van der Waals surface area contributed by atoms with E-state index >= 15 is 0 Å². The van der Waals surface area contributed by atoms with Crippen LogP contribution in [0.3, 0.4) is 0 Å². The molecule has 1 saturated carbocycles. The lowest BCUT2D eigenvalue weighted by Crippen LogP contribution is -2.54. The fourth-order valence-electron chi connectivity index (χ4n) is 4.89. The van der Waals surface area contributed by atoms with Crippen molar-refractivity contribution < 1.29 is 18.0 Å². The monoisotopic (exact) mass is 445 g/mol. The van der Waals surface area contributed by atoms with Gasteiger partial charge in [0, 0.05) is 11.7 Å². The lowest BCUT2D eigenvalue weighted by molar-refractivity contribution is -0.137. The number of aromatic nitrogens is 1. The highest BCUT2D eigenvalue weighted by molar-refractivity contribution is 6.34. The summed E-state index contributed by atoms with van der Waals surface area (Å²) in [6.07, 6.45) is -1.91. The molecular formula is C23H19ClF3N3O. The molecule has 1 aromatic heterocycles. The van der Waals surface area contributed by atoms with E-state index in [1.807, 2.05) is 42.5 Å².